The van der Waals surface area contributed by atoms with Crippen LogP contribution in [0.25, 0.3) is 11.1 Å². The molecule has 3 heteroatoms. The fourth-order valence-corrected chi connectivity index (χ4v) is 3.94. The largest absolute Gasteiger partial charge is 0.488 e. The summed E-state index contributed by atoms with van der Waals surface area (Å²) in [6.45, 7) is 2.10. The van der Waals surface area contributed by atoms with Gasteiger partial charge >= 0.3 is 0 Å². The molecule has 2 aromatic rings. The van der Waals surface area contributed by atoms with Gasteiger partial charge in [0.25, 0.3) is 0 Å². The van der Waals surface area contributed by atoms with E-state index in [2.05, 4.69) is 29.6 Å². The summed E-state index contributed by atoms with van der Waals surface area (Å²) < 4.78 is 6.16. The highest BCUT2D eigenvalue weighted by Gasteiger charge is 2.39. The molecular formula is C20H23NO2. The zero-order valence-electron chi connectivity index (χ0n) is 13.2. The summed E-state index contributed by atoms with van der Waals surface area (Å²) >= 11 is 0. The van der Waals surface area contributed by atoms with Gasteiger partial charge in [-0.2, -0.15) is 0 Å². The molecule has 3 nitrogen and oxygen atoms in total. The van der Waals surface area contributed by atoms with Gasteiger partial charge in [0.15, 0.2) is 0 Å². The Morgan fingerprint density at radius 3 is 2.43 bits per heavy atom. The molecule has 2 N–H and O–H groups in total. The number of aliphatic hydroxyl groups excluding tert-OH is 1. The van der Waals surface area contributed by atoms with Crippen LogP contribution >= 0.6 is 0 Å². The molecule has 4 atom stereocenters. The van der Waals surface area contributed by atoms with E-state index in [0.717, 1.165) is 37.2 Å². The number of hydrogen-bond acceptors (Lipinski definition) is 3. The SMILES string of the molecule is O[C@@H]1C[C@H]2CNC[C@H]2C[C@H]1Oc1cccc(-c2ccccc2)c1. The van der Waals surface area contributed by atoms with E-state index in [9.17, 15) is 5.11 Å². The number of aliphatic hydroxyl groups is 1. The Hall–Kier alpha value is -1.84. The molecule has 1 heterocycles. The van der Waals surface area contributed by atoms with Crippen LogP contribution in [-0.2, 0) is 0 Å². The molecule has 0 spiro atoms. The van der Waals surface area contributed by atoms with Gasteiger partial charge in [-0.15, -0.1) is 0 Å². The molecule has 0 amide bonds. The van der Waals surface area contributed by atoms with Gasteiger partial charge < -0.3 is 15.2 Å². The highest BCUT2D eigenvalue weighted by molar-refractivity contribution is 5.64. The highest BCUT2D eigenvalue weighted by Crippen LogP contribution is 2.35. The summed E-state index contributed by atoms with van der Waals surface area (Å²) in [5, 5.41) is 13.8. The summed E-state index contributed by atoms with van der Waals surface area (Å²) in [5.74, 6) is 2.10. The van der Waals surface area contributed by atoms with E-state index >= 15 is 0 Å². The van der Waals surface area contributed by atoms with E-state index in [4.69, 9.17) is 4.74 Å². The first kappa shape index (κ1) is 14.7. The molecule has 2 fully saturated rings. The molecule has 1 aliphatic heterocycles. The average Bonchev–Trinajstić information content (AvgIpc) is 3.03. The van der Waals surface area contributed by atoms with Gasteiger partial charge in [-0.25, -0.2) is 0 Å². The Balaban J connectivity index is 1.50. The summed E-state index contributed by atoms with van der Waals surface area (Å²) in [7, 11) is 0. The third kappa shape index (κ3) is 3.12. The Labute approximate surface area is 137 Å². The van der Waals surface area contributed by atoms with Crippen molar-refractivity contribution in [2.24, 2.45) is 11.8 Å². The molecule has 4 rings (SSSR count). The van der Waals surface area contributed by atoms with Gasteiger partial charge in [0.2, 0.25) is 0 Å². The first-order chi connectivity index (χ1) is 11.3. The molecule has 1 saturated heterocycles. The lowest BCUT2D eigenvalue weighted by atomic mass is 9.78. The van der Waals surface area contributed by atoms with Crippen LogP contribution in [0.2, 0.25) is 0 Å². The Kier molecular flexibility index (Phi) is 4.06. The van der Waals surface area contributed by atoms with Crippen molar-refractivity contribution in [1.82, 2.24) is 5.32 Å². The van der Waals surface area contributed by atoms with Crippen LogP contribution in [0, 0.1) is 11.8 Å². The first-order valence-corrected chi connectivity index (χ1v) is 8.50. The minimum Gasteiger partial charge on any atom is -0.488 e. The fourth-order valence-electron chi connectivity index (χ4n) is 3.94. The van der Waals surface area contributed by atoms with Crippen molar-refractivity contribution in [2.45, 2.75) is 25.0 Å². The van der Waals surface area contributed by atoms with Gasteiger partial charge in [-0.05, 0) is 61.0 Å². The highest BCUT2D eigenvalue weighted by atomic mass is 16.5. The monoisotopic (exact) mass is 309 g/mol. The van der Waals surface area contributed by atoms with Gasteiger partial charge in [-0.1, -0.05) is 42.5 Å². The Bertz CT molecular complexity index is 658. The number of benzene rings is 2. The topological polar surface area (TPSA) is 41.5 Å². The molecule has 120 valence electrons. The second-order valence-corrected chi connectivity index (χ2v) is 6.77. The van der Waals surface area contributed by atoms with Crippen LogP contribution in [0.5, 0.6) is 5.75 Å². The van der Waals surface area contributed by atoms with E-state index in [1.807, 2.05) is 30.3 Å². The van der Waals surface area contributed by atoms with Crippen molar-refractivity contribution >= 4 is 0 Å². The molecule has 0 unspecified atom stereocenters. The second kappa shape index (κ2) is 6.34. The van der Waals surface area contributed by atoms with E-state index in [1.54, 1.807) is 0 Å². The minimum absolute atomic E-state index is 0.0952. The summed E-state index contributed by atoms with van der Waals surface area (Å²) in [6, 6.07) is 18.5. The van der Waals surface area contributed by atoms with E-state index in [0.29, 0.717) is 11.8 Å². The number of hydrogen-bond donors (Lipinski definition) is 2. The van der Waals surface area contributed by atoms with Gasteiger partial charge in [0.05, 0.1) is 6.10 Å². The maximum Gasteiger partial charge on any atom is 0.125 e. The van der Waals surface area contributed by atoms with Gasteiger partial charge in [0, 0.05) is 0 Å². The van der Waals surface area contributed by atoms with Gasteiger partial charge in [-0.3, -0.25) is 0 Å². The molecule has 0 bridgehead atoms. The van der Waals surface area contributed by atoms with Crippen LogP contribution in [0.15, 0.2) is 54.6 Å². The van der Waals surface area contributed by atoms with Crippen molar-refractivity contribution in [2.75, 3.05) is 13.1 Å². The van der Waals surface area contributed by atoms with Crippen molar-refractivity contribution in [3.8, 4) is 16.9 Å². The summed E-state index contributed by atoms with van der Waals surface area (Å²) in [4.78, 5) is 0. The molecule has 1 saturated carbocycles. The fraction of sp³-hybridized carbons (Fsp3) is 0.400. The number of nitrogens with one attached hydrogen (secondary N) is 1. The summed E-state index contributed by atoms with van der Waals surface area (Å²) in [5.41, 5.74) is 2.33. The summed E-state index contributed by atoms with van der Waals surface area (Å²) in [6.07, 6.45) is 1.33. The quantitative estimate of drug-likeness (QED) is 0.915. The normalized spacial score (nSPS) is 30.0. The molecule has 0 aromatic heterocycles. The molecule has 2 aliphatic rings. The molecule has 0 radical (unpaired) electrons. The predicted octanol–water partition coefficient (Wildman–Crippen LogP) is 3.09. The van der Waals surface area contributed by atoms with Crippen molar-refractivity contribution < 1.29 is 9.84 Å². The molecule has 1 aliphatic carbocycles. The second-order valence-electron chi connectivity index (χ2n) is 6.77. The number of fused-ring (bicyclic) bond motifs is 1. The maximum atomic E-state index is 10.4. The number of rotatable bonds is 3. The van der Waals surface area contributed by atoms with Crippen LogP contribution in [0.4, 0.5) is 0 Å². The lowest BCUT2D eigenvalue weighted by Gasteiger charge is -2.35. The van der Waals surface area contributed by atoms with Gasteiger partial charge in [0.1, 0.15) is 11.9 Å². The van der Waals surface area contributed by atoms with Crippen LogP contribution in [0.1, 0.15) is 12.8 Å². The zero-order chi connectivity index (χ0) is 15.6. The van der Waals surface area contributed by atoms with Crippen LogP contribution in [0.3, 0.4) is 0 Å². The molecule has 2 aromatic carbocycles. The molecule has 23 heavy (non-hydrogen) atoms. The van der Waals surface area contributed by atoms with E-state index in [-0.39, 0.29) is 12.2 Å². The lowest BCUT2D eigenvalue weighted by molar-refractivity contribution is -0.0231. The third-order valence-electron chi connectivity index (χ3n) is 5.22. The van der Waals surface area contributed by atoms with Crippen molar-refractivity contribution in [1.29, 1.82) is 0 Å². The van der Waals surface area contributed by atoms with Crippen molar-refractivity contribution in [3.05, 3.63) is 54.6 Å². The van der Waals surface area contributed by atoms with Crippen LogP contribution < -0.4 is 10.1 Å². The average molecular weight is 309 g/mol. The third-order valence-corrected chi connectivity index (χ3v) is 5.22. The first-order valence-electron chi connectivity index (χ1n) is 8.50. The predicted molar refractivity (Wildman–Crippen MR) is 91.4 cm³/mol. The zero-order valence-corrected chi connectivity index (χ0v) is 13.2. The van der Waals surface area contributed by atoms with Crippen molar-refractivity contribution in [3.63, 3.8) is 0 Å². The maximum absolute atomic E-state index is 10.4. The Morgan fingerprint density at radius 1 is 0.870 bits per heavy atom. The minimum atomic E-state index is -0.364. The van der Waals surface area contributed by atoms with E-state index < -0.39 is 0 Å². The standard InChI is InChI=1S/C20H23NO2/c22-19-10-16-12-21-13-17(16)11-20(19)23-18-8-4-7-15(9-18)14-5-2-1-3-6-14/h1-9,16-17,19-22H,10-13H2/t16-,17+,19+,20+/m0/s1. The lowest BCUT2D eigenvalue weighted by Crippen LogP contribution is -2.42. The molecular weight excluding hydrogens is 286 g/mol. The van der Waals surface area contributed by atoms with Crippen LogP contribution in [-0.4, -0.2) is 30.4 Å². The van der Waals surface area contributed by atoms with E-state index in [1.165, 1.54) is 5.56 Å². The Morgan fingerprint density at radius 2 is 1.61 bits per heavy atom. The smallest absolute Gasteiger partial charge is 0.125 e. The number of ether oxygens (including phenoxy) is 1.